The van der Waals surface area contributed by atoms with Crippen LogP contribution in [0.5, 0.6) is 0 Å². The van der Waals surface area contributed by atoms with Gasteiger partial charge in [0.05, 0.1) is 6.21 Å². The predicted octanol–water partition coefficient (Wildman–Crippen LogP) is 5.56. The molecule has 4 heteroatoms. The van der Waals surface area contributed by atoms with Crippen LogP contribution in [-0.2, 0) is 11.4 Å². The molecule has 2 aromatic carbocycles. The molecule has 0 bridgehead atoms. The van der Waals surface area contributed by atoms with E-state index in [1.165, 1.54) is 49.8 Å². The molecule has 1 fully saturated rings. The molecule has 126 valence electrons. The maximum Gasteiger partial charge on any atom is 0.142 e. The molecule has 0 aliphatic heterocycles. The maximum atomic E-state index is 13.1. The van der Waals surface area contributed by atoms with Gasteiger partial charge in [-0.3, -0.25) is 0 Å². The van der Waals surface area contributed by atoms with E-state index in [0.717, 1.165) is 11.6 Å². The first-order valence-corrected chi connectivity index (χ1v) is 8.41. The third-order valence-electron chi connectivity index (χ3n) is 4.44. The zero-order valence-electron chi connectivity index (χ0n) is 13.6. The third-order valence-corrected chi connectivity index (χ3v) is 4.44. The van der Waals surface area contributed by atoms with Crippen LogP contribution in [0.1, 0.15) is 54.7 Å². The molecular formula is C20H21F2NO. The molecule has 0 radical (unpaired) electrons. The van der Waals surface area contributed by atoms with Gasteiger partial charge in [-0.2, -0.15) is 0 Å². The Bertz CT molecular complexity index is 671. The minimum Gasteiger partial charge on any atom is -0.391 e. The molecule has 24 heavy (non-hydrogen) atoms. The summed E-state index contributed by atoms with van der Waals surface area (Å²) in [7, 11) is 0. The molecule has 1 aliphatic rings. The Labute approximate surface area is 141 Å². The van der Waals surface area contributed by atoms with Crippen LogP contribution in [0.25, 0.3) is 0 Å². The lowest BCUT2D eigenvalue weighted by Gasteiger charge is -2.21. The van der Waals surface area contributed by atoms with E-state index in [1.54, 1.807) is 6.21 Å². The molecule has 0 N–H and O–H groups in total. The lowest BCUT2D eigenvalue weighted by atomic mass is 9.84. The van der Waals surface area contributed by atoms with Crippen molar-refractivity contribution in [3.8, 4) is 0 Å². The van der Waals surface area contributed by atoms with Gasteiger partial charge in [-0.25, -0.2) is 8.78 Å². The van der Waals surface area contributed by atoms with E-state index in [9.17, 15) is 8.78 Å². The molecule has 0 aromatic heterocycles. The van der Waals surface area contributed by atoms with E-state index in [0.29, 0.717) is 11.5 Å². The fraction of sp³-hybridized carbons (Fsp3) is 0.350. The normalized spacial score (nSPS) is 15.8. The average molecular weight is 329 g/mol. The monoisotopic (exact) mass is 329 g/mol. The number of hydrogen-bond donors (Lipinski definition) is 0. The van der Waals surface area contributed by atoms with Gasteiger partial charge in [-0.15, -0.1) is 0 Å². The molecule has 1 aliphatic carbocycles. The smallest absolute Gasteiger partial charge is 0.142 e. The van der Waals surface area contributed by atoms with E-state index in [2.05, 4.69) is 17.3 Å². The van der Waals surface area contributed by atoms with Crippen molar-refractivity contribution in [2.45, 2.75) is 44.6 Å². The second-order valence-corrected chi connectivity index (χ2v) is 6.29. The van der Waals surface area contributed by atoms with Crippen molar-refractivity contribution in [3.05, 3.63) is 70.8 Å². The van der Waals surface area contributed by atoms with Crippen LogP contribution < -0.4 is 0 Å². The highest BCUT2D eigenvalue weighted by Crippen LogP contribution is 2.32. The maximum absolute atomic E-state index is 13.1. The van der Waals surface area contributed by atoms with Crippen LogP contribution in [0, 0.1) is 11.6 Å². The number of hydrogen-bond acceptors (Lipinski definition) is 2. The van der Waals surface area contributed by atoms with Gasteiger partial charge in [0.15, 0.2) is 0 Å². The zero-order valence-corrected chi connectivity index (χ0v) is 13.6. The number of oxime groups is 1. The van der Waals surface area contributed by atoms with Crippen molar-refractivity contribution < 1.29 is 13.6 Å². The minimum absolute atomic E-state index is 0.0331. The average Bonchev–Trinajstić information content (AvgIpc) is 2.59. The highest BCUT2D eigenvalue weighted by molar-refractivity contribution is 5.79. The summed E-state index contributed by atoms with van der Waals surface area (Å²) in [5.74, 6) is -0.546. The third kappa shape index (κ3) is 4.63. The summed E-state index contributed by atoms with van der Waals surface area (Å²) in [5.41, 5.74) is 2.75. The van der Waals surface area contributed by atoms with Crippen LogP contribution in [0.2, 0.25) is 0 Å². The van der Waals surface area contributed by atoms with Gasteiger partial charge < -0.3 is 4.84 Å². The lowest BCUT2D eigenvalue weighted by Crippen LogP contribution is -2.04. The molecule has 0 spiro atoms. The van der Waals surface area contributed by atoms with Gasteiger partial charge in [-0.05, 0) is 47.6 Å². The van der Waals surface area contributed by atoms with Gasteiger partial charge in [0.1, 0.15) is 18.2 Å². The van der Waals surface area contributed by atoms with Gasteiger partial charge in [0.25, 0.3) is 0 Å². The first-order valence-electron chi connectivity index (χ1n) is 8.41. The van der Waals surface area contributed by atoms with Gasteiger partial charge in [-0.1, -0.05) is 48.7 Å². The molecular weight excluding hydrogens is 308 g/mol. The summed E-state index contributed by atoms with van der Waals surface area (Å²) in [4.78, 5) is 5.12. The molecule has 2 aromatic rings. The second-order valence-electron chi connectivity index (χ2n) is 6.29. The van der Waals surface area contributed by atoms with Crippen LogP contribution in [0.4, 0.5) is 8.78 Å². The number of benzene rings is 2. The van der Waals surface area contributed by atoms with E-state index in [4.69, 9.17) is 4.84 Å². The largest absolute Gasteiger partial charge is 0.391 e. The standard InChI is InChI=1S/C20H21F2NO/c21-19-10-16(11-20(22)12-19)14-24-23-13-15-6-8-18(9-7-15)17-4-2-1-3-5-17/h6-13,17H,1-5,14H2. The minimum atomic E-state index is -0.615. The molecule has 1 saturated carbocycles. The topological polar surface area (TPSA) is 21.6 Å². The van der Waals surface area contributed by atoms with Crippen LogP contribution in [0.3, 0.4) is 0 Å². The van der Waals surface area contributed by atoms with Gasteiger partial charge in [0.2, 0.25) is 0 Å². The molecule has 0 saturated heterocycles. The van der Waals surface area contributed by atoms with Crippen molar-refractivity contribution in [1.29, 1.82) is 0 Å². The quantitative estimate of drug-likeness (QED) is 0.519. The summed E-state index contributed by atoms with van der Waals surface area (Å²) in [6, 6.07) is 11.7. The zero-order chi connectivity index (χ0) is 16.8. The van der Waals surface area contributed by atoms with E-state index < -0.39 is 11.6 Å². The molecule has 0 unspecified atom stereocenters. The molecule has 3 rings (SSSR count). The number of halogens is 2. The SMILES string of the molecule is Fc1cc(F)cc(CON=Cc2ccc(C3CCCCC3)cc2)c1. The van der Waals surface area contributed by atoms with Crippen molar-refractivity contribution in [3.63, 3.8) is 0 Å². The van der Waals surface area contributed by atoms with Gasteiger partial charge >= 0.3 is 0 Å². The number of nitrogens with zero attached hydrogens (tertiary/aromatic N) is 1. The van der Waals surface area contributed by atoms with Crippen LogP contribution in [0.15, 0.2) is 47.6 Å². The molecule has 0 amide bonds. The Morgan fingerprint density at radius 3 is 2.29 bits per heavy atom. The van der Waals surface area contributed by atoms with Gasteiger partial charge in [0, 0.05) is 6.07 Å². The summed E-state index contributed by atoms with van der Waals surface area (Å²) < 4.78 is 26.1. The Morgan fingerprint density at radius 1 is 0.958 bits per heavy atom. The van der Waals surface area contributed by atoms with Crippen molar-refractivity contribution in [2.75, 3.05) is 0 Å². The lowest BCUT2D eigenvalue weighted by molar-refractivity contribution is 0.131. The molecule has 2 nitrogen and oxygen atoms in total. The Kier molecular flexibility index (Phi) is 5.57. The van der Waals surface area contributed by atoms with E-state index in [-0.39, 0.29) is 6.61 Å². The van der Waals surface area contributed by atoms with E-state index in [1.807, 2.05) is 12.1 Å². The fourth-order valence-electron chi connectivity index (χ4n) is 3.19. The number of rotatable bonds is 5. The first kappa shape index (κ1) is 16.6. The molecule has 0 heterocycles. The summed E-state index contributed by atoms with van der Waals surface area (Å²) in [6.45, 7) is 0.0331. The van der Waals surface area contributed by atoms with Crippen LogP contribution in [-0.4, -0.2) is 6.21 Å². The van der Waals surface area contributed by atoms with Crippen LogP contribution >= 0.6 is 0 Å². The first-order chi connectivity index (χ1) is 11.7. The Morgan fingerprint density at radius 2 is 1.62 bits per heavy atom. The van der Waals surface area contributed by atoms with Crippen molar-refractivity contribution in [2.24, 2.45) is 5.16 Å². The Balaban J connectivity index is 1.52. The predicted molar refractivity (Wildman–Crippen MR) is 91.0 cm³/mol. The highest BCUT2D eigenvalue weighted by atomic mass is 19.1. The van der Waals surface area contributed by atoms with Crippen molar-refractivity contribution >= 4 is 6.21 Å². The summed E-state index contributed by atoms with van der Waals surface area (Å²) in [5, 5.41) is 3.87. The summed E-state index contributed by atoms with van der Waals surface area (Å²) in [6.07, 6.45) is 8.17. The highest BCUT2D eigenvalue weighted by Gasteiger charge is 2.14. The van der Waals surface area contributed by atoms with Crippen molar-refractivity contribution in [1.82, 2.24) is 0 Å². The van der Waals surface area contributed by atoms with E-state index >= 15 is 0 Å². The fourth-order valence-corrected chi connectivity index (χ4v) is 3.19. The summed E-state index contributed by atoms with van der Waals surface area (Å²) >= 11 is 0. The second kappa shape index (κ2) is 8.04. The molecule has 0 atom stereocenters. The Hall–Kier alpha value is -2.23.